The van der Waals surface area contributed by atoms with Gasteiger partial charge in [-0.3, -0.25) is 0 Å². The lowest BCUT2D eigenvalue weighted by Gasteiger charge is -2.29. The minimum absolute atomic E-state index is 0.0525. The molecule has 1 atom stereocenters. The summed E-state index contributed by atoms with van der Waals surface area (Å²) in [5.74, 6) is 0. The van der Waals surface area contributed by atoms with Crippen molar-refractivity contribution in [3.63, 3.8) is 0 Å². The van der Waals surface area contributed by atoms with Crippen molar-refractivity contribution < 1.29 is 18.6 Å². The molecule has 0 bridgehead atoms. The smallest absolute Gasteiger partial charge is 0.243 e. The largest absolute Gasteiger partial charge is 0.394 e. The molecule has 5 nitrogen and oxygen atoms in total. The minimum atomic E-state index is -3.82. The van der Waals surface area contributed by atoms with Crippen molar-refractivity contribution in [2.75, 3.05) is 19.8 Å². The van der Waals surface area contributed by atoms with E-state index in [0.29, 0.717) is 5.56 Å². The van der Waals surface area contributed by atoms with Gasteiger partial charge in [-0.05, 0) is 24.6 Å². The van der Waals surface area contributed by atoms with Crippen molar-refractivity contribution in [2.24, 2.45) is 0 Å². The second-order valence-corrected chi connectivity index (χ2v) is 7.54. The van der Waals surface area contributed by atoms with Gasteiger partial charge in [0.05, 0.1) is 24.2 Å². The van der Waals surface area contributed by atoms with Gasteiger partial charge >= 0.3 is 0 Å². The molecule has 0 aliphatic rings. The van der Waals surface area contributed by atoms with Crippen LogP contribution >= 0.6 is 0 Å². The Morgan fingerprint density at radius 1 is 1.00 bits per heavy atom. The molecule has 0 aliphatic heterocycles. The Labute approximate surface area is 148 Å². The van der Waals surface area contributed by atoms with Crippen molar-refractivity contribution in [3.05, 3.63) is 77.9 Å². The zero-order valence-electron chi connectivity index (χ0n) is 14.1. The Hall–Kier alpha value is -1.99. The zero-order valence-corrected chi connectivity index (χ0v) is 14.9. The van der Waals surface area contributed by atoms with E-state index in [1.165, 1.54) is 10.4 Å². The van der Waals surface area contributed by atoms with Crippen LogP contribution in [-0.4, -0.2) is 42.7 Å². The van der Waals surface area contributed by atoms with E-state index in [1.54, 1.807) is 54.6 Å². The molecule has 25 heavy (non-hydrogen) atoms. The molecule has 0 spiro atoms. The van der Waals surface area contributed by atoms with Crippen LogP contribution in [0.3, 0.4) is 0 Å². The van der Waals surface area contributed by atoms with E-state index in [1.807, 2.05) is 13.0 Å². The number of aliphatic hydroxyl groups is 2. The predicted molar refractivity (Wildman–Crippen MR) is 97.6 cm³/mol. The van der Waals surface area contributed by atoms with Crippen molar-refractivity contribution in [1.29, 1.82) is 0 Å². The number of aliphatic hydroxyl groups excluding tert-OH is 2. The van der Waals surface area contributed by atoms with Gasteiger partial charge in [0, 0.05) is 6.54 Å². The molecule has 0 saturated carbocycles. The third-order valence-electron chi connectivity index (χ3n) is 3.89. The third kappa shape index (κ3) is 4.76. The van der Waals surface area contributed by atoms with Crippen LogP contribution in [-0.2, 0) is 10.0 Å². The first-order valence-corrected chi connectivity index (χ1v) is 9.45. The van der Waals surface area contributed by atoms with Gasteiger partial charge in [0.1, 0.15) is 0 Å². The summed E-state index contributed by atoms with van der Waals surface area (Å²) in [7, 11) is -3.82. The highest BCUT2D eigenvalue weighted by Gasteiger charge is 2.31. The number of sulfonamides is 1. The number of benzene rings is 2. The van der Waals surface area contributed by atoms with E-state index in [9.17, 15) is 13.5 Å². The van der Waals surface area contributed by atoms with E-state index in [0.717, 1.165) is 5.56 Å². The number of hydrogen-bond acceptors (Lipinski definition) is 4. The third-order valence-corrected chi connectivity index (χ3v) is 5.78. The van der Waals surface area contributed by atoms with Gasteiger partial charge in [-0.15, -0.1) is 0 Å². The molecule has 6 heteroatoms. The number of aryl methyl sites for hydroxylation is 1. The molecular formula is C19H23NO4S. The number of hydrogen-bond donors (Lipinski definition) is 2. The summed E-state index contributed by atoms with van der Waals surface area (Å²) in [5, 5.41) is 18.8. The van der Waals surface area contributed by atoms with E-state index in [-0.39, 0.29) is 24.7 Å². The normalized spacial score (nSPS) is 13.4. The van der Waals surface area contributed by atoms with Crippen LogP contribution < -0.4 is 0 Å². The van der Waals surface area contributed by atoms with E-state index in [4.69, 9.17) is 5.11 Å². The SMILES string of the molecule is Cc1ccc(S(=O)(=O)N(C/C=C/CO)[C@@H](CO)c2ccccc2)cc1. The monoisotopic (exact) mass is 361 g/mol. The van der Waals surface area contributed by atoms with Crippen LogP contribution in [0, 0.1) is 6.92 Å². The zero-order chi connectivity index (χ0) is 18.3. The van der Waals surface area contributed by atoms with Gasteiger partial charge in [-0.25, -0.2) is 8.42 Å². The maximum absolute atomic E-state index is 13.1. The van der Waals surface area contributed by atoms with E-state index < -0.39 is 16.1 Å². The molecule has 0 amide bonds. The standard InChI is InChI=1S/C19H23NO4S/c1-16-9-11-18(12-10-16)25(23,24)20(13-5-6-14-21)19(15-22)17-7-3-2-4-8-17/h2-12,19,21-22H,13-15H2,1H3/b6-5+/t19-/m0/s1. The Kier molecular flexibility index (Phi) is 6.90. The Balaban J connectivity index is 2.47. The predicted octanol–water partition coefficient (Wildman–Crippen LogP) is 2.27. The Morgan fingerprint density at radius 3 is 2.20 bits per heavy atom. The first kappa shape index (κ1) is 19.3. The molecule has 2 rings (SSSR count). The van der Waals surface area contributed by atoms with Crippen LogP contribution in [0.1, 0.15) is 17.2 Å². The highest BCUT2D eigenvalue weighted by molar-refractivity contribution is 7.89. The van der Waals surface area contributed by atoms with Crippen LogP contribution in [0.25, 0.3) is 0 Å². The second kappa shape index (κ2) is 8.92. The molecule has 0 aliphatic carbocycles. The second-order valence-electron chi connectivity index (χ2n) is 5.65. The molecule has 134 valence electrons. The minimum Gasteiger partial charge on any atom is -0.394 e. The summed E-state index contributed by atoms with van der Waals surface area (Å²) in [6.07, 6.45) is 3.06. The van der Waals surface area contributed by atoms with Crippen molar-refractivity contribution in [3.8, 4) is 0 Å². The van der Waals surface area contributed by atoms with Crippen molar-refractivity contribution in [1.82, 2.24) is 4.31 Å². The molecule has 0 heterocycles. The maximum atomic E-state index is 13.1. The van der Waals surface area contributed by atoms with Crippen molar-refractivity contribution in [2.45, 2.75) is 17.9 Å². The molecule has 2 aromatic carbocycles. The molecule has 0 unspecified atom stereocenters. The average Bonchev–Trinajstić information content (AvgIpc) is 2.62. The summed E-state index contributed by atoms with van der Waals surface area (Å²) >= 11 is 0. The highest BCUT2D eigenvalue weighted by atomic mass is 32.2. The number of nitrogens with zero attached hydrogens (tertiary/aromatic N) is 1. The average molecular weight is 361 g/mol. The first-order chi connectivity index (χ1) is 12.0. The molecular weight excluding hydrogens is 338 g/mol. The lowest BCUT2D eigenvalue weighted by molar-refractivity contribution is 0.195. The van der Waals surface area contributed by atoms with Crippen molar-refractivity contribution >= 4 is 10.0 Å². The van der Waals surface area contributed by atoms with Gasteiger partial charge in [0.25, 0.3) is 0 Å². The summed E-state index contributed by atoms with van der Waals surface area (Å²) < 4.78 is 27.5. The number of rotatable bonds is 8. The lowest BCUT2D eigenvalue weighted by atomic mass is 10.1. The van der Waals surface area contributed by atoms with Gasteiger partial charge < -0.3 is 10.2 Å². The molecule has 2 N–H and O–H groups in total. The summed E-state index contributed by atoms with van der Waals surface area (Å²) in [6.45, 7) is 1.42. The quantitative estimate of drug-likeness (QED) is 0.707. The summed E-state index contributed by atoms with van der Waals surface area (Å²) in [4.78, 5) is 0.171. The highest BCUT2D eigenvalue weighted by Crippen LogP contribution is 2.27. The maximum Gasteiger partial charge on any atom is 0.243 e. The van der Waals surface area contributed by atoms with E-state index in [2.05, 4.69) is 0 Å². The van der Waals surface area contributed by atoms with Gasteiger partial charge in [0.2, 0.25) is 10.0 Å². The summed E-state index contributed by atoms with van der Waals surface area (Å²) in [5.41, 5.74) is 1.67. The Bertz CT molecular complexity index is 786. The van der Waals surface area contributed by atoms with Crippen LogP contribution in [0.2, 0.25) is 0 Å². The van der Waals surface area contributed by atoms with Crippen LogP contribution in [0.5, 0.6) is 0 Å². The topological polar surface area (TPSA) is 77.8 Å². The fraction of sp³-hybridized carbons (Fsp3) is 0.263. The molecule has 0 radical (unpaired) electrons. The first-order valence-electron chi connectivity index (χ1n) is 8.01. The molecule has 2 aromatic rings. The Morgan fingerprint density at radius 2 is 1.64 bits per heavy atom. The van der Waals surface area contributed by atoms with Gasteiger partial charge in [-0.1, -0.05) is 60.2 Å². The lowest BCUT2D eigenvalue weighted by Crippen LogP contribution is -2.37. The van der Waals surface area contributed by atoms with Gasteiger partial charge in [0.15, 0.2) is 0 Å². The fourth-order valence-corrected chi connectivity index (χ4v) is 4.09. The molecule has 0 saturated heterocycles. The molecule has 0 aromatic heterocycles. The van der Waals surface area contributed by atoms with E-state index >= 15 is 0 Å². The fourth-order valence-electron chi connectivity index (χ4n) is 2.53. The van der Waals surface area contributed by atoms with Crippen LogP contribution in [0.15, 0.2) is 71.6 Å². The van der Waals surface area contributed by atoms with Crippen LogP contribution in [0.4, 0.5) is 0 Å². The summed E-state index contributed by atoms with van der Waals surface area (Å²) in [6, 6.07) is 14.9. The van der Waals surface area contributed by atoms with Gasteiger partial charge in [-0.2, -0.15) is 4.31 Å². The molecule has 0 fully saturated rings.